The lowest BCUT2D eigenvalue weighted by atomic mass is 10.2. The van der Waals surface area contributed by atoms with Gasteiger partial charge in [0.1, 0.15) is 5.82 Å². The first kappa shape index (κ1) is 14.3. The maximum Gasteiger partial charge on any atom is 0.345 e. The molecule has 0 aliphatic heterocycles. The van der Waals surface area contributed by atoms with Crippen molar-refractivity contribution < 1.29 is 9.18 Å². The number of aromatic amines is 1. The molecule has 0 radical (unpaired) electrons. The van der Waals surface area contributed by atoms with E-state index in [1.165, 1.54) is 24.0 Å². The highest BCUT2D eigenvalue weighted by molar-refractivity contribution is 7.99. The van der Waals surface area contributed by atoms with Gasteiger partial charge in [-0.15, -0.1) is 0 Å². The molecule has 0 spiro atoms. The van der Waals surface area contributed by atoms with Crippen LogP contribution in [-0.2, 0) is 11.3 Å². The Morgan fingerprint density at radius 2 is 2.15 bits per heavy atom. The number of halogens is 1. The van der Waals surface area contributed by atoms with Gasteiger partial charge in [-0.2, -0.15) is 0 Å². The zero-order chi connectivity index (χ0) is 14.4. The molecule has 2 aromatic rings. The second-order valence-electron chi connectivity index (χ2n) is 3.90. The number of aromatic nitrogens is 2. The molecular formula is C13H12FN3O2S. The Morgan fingerprint density at radius 3 is 2.90 bits per heavy atom. The van der Waals surface area contributed by atoms with Crippen LogP contribution < -0.4 is 11.0 Å². The number of nitrogens with zero attached hydrogens (tertiary/aromatic N) is 1. The molecule has 0 fully saturated rings. The quantitative estimate of drug-likeness (QED) is 0.644. The highest BCUT2D eigenvalue weighted by atomic mass is 32.2. The van der Waals surface area contributed by atoms with Crippen LogP contribution in [0.25, 0.3) is 0 Å². The number of hydrogen-bond acceptors (Lipinski definition) is 4. The van der Waals surface area contributed by atoms with Crippen molar-refractivity contribution in [1.82, 2.24) is 15.3 Å². The summed E-state index contributed by atoms with van der Waals surface area (Å²) >= 11 is 1.18. The molecule has 2 N–H and O–H groups in total. The van der Waals surface area contributed by atoms with Crippen LogP contribution in [0.15, 0.2) is 46.3 Å². The number of amides is 1. The fourth-order valence-corrected chi connectivity index (χ4v) is 2.17. The van der Waals surface area contributed by atoms with E-state index in [0.29, 0.717) is 10.6 Å². The Hall–Kier alpha value is -2.15. The standard InChI is InChI=1S/C13H12FN3O2S/c14-10-4-2-1-3-9(10)7-16-11(18)8-20-12-5-6-15-13(19)17-12/h1-6H,7-8H2,(H,16,18)(H,15,17,19). The third-order valence-electron chi connectivity index (χ3n) is 2.44. The van der Waals surface area contributed by atoms with Crippen LogP contribution in [0.5, 0.6) is 0 Å². The summed E-state index contributed by atoms with van der Waals surface area (Å²) in [6.45, 7) is 0.138. The van der Waals surface area contributed by atoms with Gasteiger partial charge >= 0.3 is 5.69 Å². The normalized spacial score (nSPS) is 10.2. The average Bonchev–Trinajstić information content (AvgIpc) is 2.44. The zero-order valence-corrected chi connectivity index (χ0v) is 11.2. The molecule has 0 atom stereocenters. The van der Waals surface area contributed by atoms with Gasteiger partial charge < -0.3 is 10.3 Å². The molecule has 1 aromatic heterocycles. The summed E-state index contributed by atoms with van der Waals surface area (Å²) < 4.78 is 13.3. The maximum absolute atomic E-state index is 13.3. The van der Waals surface area contributed by atoms with Crippen LogP contribution in [0.4, 0.5) is 4.39 Å². The Bertz CT molecular complexity index is 660. The lowest BCUT2D eigenvalue weighted by Crippen LogP contribution is -2.25. The average molecular weight is 293 g/mol. The van der Waals surface area contributed by atoms with E-state index in [-0.39, 0.29) is 24.0 Å². The summed E-state index contributed by atoms with van der Waals surface area (Å²) in [6, 6.07) is 7.87. The number of benzene rings is 1. The molecule has 0 saturated heterocycles. The van der Waals surface area contributed by atoms with Gasteiger partial charge in [0.2, 0.25) is 5.91 Å². The summed E-state index contributed by atoms with van der Waals surface area (Å²) in [7, 11) is 0. The molecule has 0 bridgehead atoms. The van der Waals surface area contributed by atoms with E-state index in [4.69, 9.17) is 0 Å². The minimum atomic E-state index is -0.457. The van der Waals surface area contributed by atoms with Crippen molar-refractivity contribution in [2.75, 3.05) is 5.75 Å². The molecule has 1 amide bonds. The fourth-order valence-electron chi connectivity index (χ4n) is 1.47. The van der Waals surface area contributed by atoms with E-state index < -0.39 is 5.69 Å². The topological polar surface area (TPSA) is 74.8 Å². The molecule has 0 aliphatic carbocycles. The SMILES string of the molecule is O=C(CSc1ccnc(=O)[nH]1)NCc1ccccc1F. The Labute approximate surface area is 118 Å². The summed E-state index contributed by atoms with van der Waals surface area (Å²) in [6.07, 6.45) is 1.37. The second-order valence-corrected chi connectivity index (χ2v) is 4.91. The summed E-state index contributed by atoms with van der Waals surface area (Å²) in [5.41, 5.74) is -0.0232. The van der Waals surface area contributed by atoms with Crippen molar-refractivity contribution in [3.63, 3.8) is 0 Å². The summed E-state index contributed by atoms with van der Waals surface area (Å²) in [4.78, 5) is 28.6. The maximum atomic E-state index is 13.3. The number of thioether (sulfide) groups is 1. The van der Waals surface area contributed by atoms with Gasteiger partial charge in [0.05, 0.1) is 10.8 Å². The zero-order valence-electron chi connectivity index (χ0n) is 10.4. The molecule has 2 rings (SSSR count). The molecule has 1 aromatic carbocycles. The number of carbonyl (C=O) groups excluding carboxylic acids is 1. The number of hydrogen-bond donors (Lipinski definition) is 2. The van der Waals surface area contributed by atoms with Crippen LogP contribution in [0.3, 0.4) is 0 Å². The monoisotopic (exact) mass is 293 g/mol. The van der Waals surface area contributed by atoms with Gasteiger partial charge in [-0.05, 0) is 12.1 Å². The molecule has 0 aliphatic rings. The van der Waals surface area contributed by atoms with Crippen molar-refractivity contribution in [3.05, 3.63) is 58.4 Å². The van der Waals surface area contributed by atoms with Gasteiger partial charge in [0.15, 0.2) is 0 Å². The molecule has 0 unspecified atom stereocenters. The highest BCUT2D eigenvalue weighted by Crippen LogP contribution is 2.12. The molecule has 0 saturated carbocycles. The van der Waals surface area contributed by atoms with Crippen molar-refractivity contribution in [3.8, 4) is 0 Å². The molecule has 20 heavy (non-hydrogen) atoms. The van der Waals surface area contributed by atoms with Crippen LogP contribution >= 0.6 is 11.8 Å². The van der Waals surface area contributed by atoms with Gasteiger partial charge in [0, 0.05) is 18.3 Å². The minimum absolute atomic E-state index is 0.133. The Kier molecular flexibility index (Phi) is 4.89. The lowest BCUT2D eigenvalue weighted by Gasteiger charge is -2.06. The van der Waals surface area contributed by atoms with Crippen LogP contribution in [0, 0.1) is 5.82 Å². The Morgan fingerprint density at radius 1 is 1.35 bits per heavy atom. The largest absolute Gasteiger partial charge is 0.351 e. The van der Waals surface area contributed by atoms with Gasteiger partial charge in [-0.3, -0.25) is 4.79 Å². The predicted octanol–water partition coefficient (Wildman–Crippen LogP) is 1.32. The van der Waals surface area contributed by atoms with E-state index >= 15 is 0 Å². The van der Waals surface area contributed by atoms with Gasteiger partial charge in [0.25, 0.3) is 0 Å². The van der Waals surface area contributed by atoms with Crippen molar-refractivity contribution >= 4 is 17.7 Å². The number of carbonyl (C=O) groups is 1. The molecule has 5 nitrogen and oxygen atoms in total. The molecule has 7 heteroatoms. The second kappa shape index (κ2) is 6.85. The van der Waals surface area contributed by atoms with Crippen LogP contribution in [0.1, 0.15) is 5.56 Å². The van der Waals surface area contributed by atoms with E-state index in [2.05, 4.69) is 15.3 Å². The van der Waals surface area contributed by atoms with Gasteiger partial charge in [-0.25, -0.2) is 14.2 Å². The van der Waals surface area contributed by atoms with Crippen molar-refractivity contribution in [2.45, 2.75) is 11.6 Å². The van der Waals surface area contributed by atoms with E-state index in [0.717, 1.165) is 0 Å². The number of nitrogens with one attached hydrogen (secondary N) is 2. The number of H-pyrrole nitrogens is 1. The molecule has 104 valence electrons. The third kappa shape index (κ3) is 4.20. The number of rotatable bonds is 5. The van der Waals surface area contributed by atoms with Crippen molar-refractivity contribution in [2.24, 2.45) is 0 Å². The lowest BCUT2D eigenvalue weighted by molar-refractivity contribution is -0.118. The first-order valence-electron chi connectivity index (χ1n) is 5.83. The van der Waals surface area contributed by atoms with E-state index in [9.17, 15) is 14.0 Å². The first-order valence-corrected chi connectivity index (χ1v) is 6.82. The summed E-state index contributed by atoms with van der Waals surface area (Å²) in [5.74, 6) is -0.455. The molecule has 1 heterocycles. The third-order valence-corrected chi connectivity index (χ3v) is 3.40. The van der Waals surface area contributed by atoms with Gasteiger partial charge in [-0.1, -0.05) is 30.0 Å². The van der Waals surface area contributed by atoms with Crippen LogP contribution in [0.2, 0.25) is 0 Å². The summed E-state index contributed by atoms with van der Waals surface area (Å²) in [5, 5.41) is 3.18. The van der Waals surface area contributed by atoms with E-state index in [1.807, 2.05) is 0 Å². The fraction of sp³-hybridized carbons (Fsp3) is 0.154. The van der Waals surface area contributed by atoms with Crippen molar-refractivity contribution in [1.29, 1.82) is 0 Å². The smallest absolute Gasteiger partial charge is 0.345 e. The minimum Gasteiger partial charge on any atom is -0.351 e. The highest BCUT2D eigenvalue weighted by Gasteiger charge is 2.05. The van der Waals surface area contributed by atoms with Crippen LogP contribution in [-0.4, -0.2) is 21.6 Å². The Balaban J connectivity index is 1.82. The molecular weight excluding hydrogens is 281 g/mol. The first-order chi connectivity index (χ1) is 9.65. The van der Waals surface area contributed by atoms with E-state index in [1.54, 1.807) is 24.3 Å². The predicted molar refractivity (Wildman–Crippen MR) is 73.8 cm³/mol.